The highest BCUT2D eigenvalue weighted by Crippen LogP contribution is 2.29. The molecule has 1 aromatic carbocycles. The lowest BCUT2D eigenvalue weighted by Gasteiger charge is -2.23. The van der Waals surface area contributed by atoms with Crippen LogP contribution >= 0.6 is 15.9 Å². The van der Waals surface area contributed by atoms with Crippen LogP contribution in [-0.2, 0) is 19.1 Å². The maximum atomic E-state index is 11.0. The normalized spacial score (nSPS) is 17.1. The van der Waals surface area contributed by atoms with E-state index in [0.717, 1.165) is 4.47 Å². The molecule has 5 heteroatoms. The quantitative estimate of drug-likeness (QED) is 0.578. The van der Waals surface area contributed by atoms with Gasteiger partial charge in [0.1, 0.15) is 6.42 Å². The standard InChI is InChI=1S/C10H7BrO4/c11-7-4-2-1-3-6(7)10-14-8(12)5-9(13)15-10/h1-4,10H,5H2. The molecule has 2 rings (SSSR count). The van der Waals surface area contributed by atoms with Crippen LogP contribution in [0.2, 0.25) is 0 Å². The number of ether oxygens (including phenoxy) is 2. The second-order valence-electron chi connectivity index (χ2n) is 3.01. The Balaban J connectivity index is 2.27. The molecule has 0 radical (unpaired) electrons. The third-order valence-electron chi connectivity index (χ3n) is 1.92. The Bertz CT molecular complexity index is 400. The fourth-order valence-electron chi connectivity index (χ4n) is 1.26. The fourth-order valence-corrected chi connectivity index (χ4v) is 1.73. The molecule has 0 unspecified atom stereocenters. The predicted molar refractivity (Wildman–Crippen MR) is 53.7 cm³/mol. The Labute approximate surface area is 94.3 Å². The van der Waals surface area contributed by atoms with Crippen LogP contribution in [0, 0.1) is 0 Å². The molecule has 0 aliphatic carbocycles. The Morgan fingerprint density at radius 2 is 1.73 bits per heavy atom. The number of rotatable bonds is 1. The fraction of sp³-hybridized carbons (Fsp3) is 0.200. The maximum Gasteiger partial charge on any atom is 0.320 e. The van der Waals surface area contributed by atoms with Crippen LogP contribution in [0.5, 0.6) is 0 Å². The maximum absolute atomic E-state index is 11.0. The van der Waals surface area contributed by atoms with E-state index in [0.29, 0.717) is 5.56 Å². The van der Waals surface area contributed by atoms with Crippen molar-refractivity contribution in [3.63, 3.8) is 0 Å². The first-order valence-electron chi connectivity index (χ1n) is 4.30. The molecule has 15 heavy (non-hydrogen) atoms. The molecular weight excluding hydrogens is 264 g/mol. The van der Waals surface area contributed by atoms with Gasteiger partial charge in [-0.05, 0) is 6.07 Å². The SMILES string of the molecule is O=C1CC(=O)OC(c2ccccc2Br)O1. The number of cyclic esters (lactones) is 2. The Morgan fingerprint density at radius 1 is 1.13 bits per heavy atom. The van der Waals surface area contributed by atoms with Gasteiger partial charge in [0.05, 0.1) is 0 Å². The van der Waals surface area contributed by atoms with E-state index < -0.39 is 18.2 Å². The molecule has 1 aliphatic heterocycles. The van der Waals surface area contributed by atoms with E-state index >= 15 is 0 Å². The second-order valence-corrected chi connectivity index (χ2v) is 3.86. The lowest BCUT2D eigenvalue weighted by Crippen LogP contribution is -2.26. The zero-order chi connectivity index (χ0) is 10.8. The zero-order valence-electron chi connectivity index (χ0n) is 7.60. The molecule has 4 nitrogen and oxygen atoms in total. The van der Waals surface area contributed by atoms with Crippen LogP contribution in [0.15, 0.2) is 28.7 Å². The number of benzene rings is 1. The Hall–Kier alpha value is -1.36. The molecule has 1 aromatic rings. The second kappa shape index (κ2) is 4.02. The van der Waals surface area contributed by atoms with Gasteiger partial charge >= 0.3 is 11.9 Å². The lowest BCUT2D eigenvalue weighted by molar-refractivity contribution is -0.205. The molecule has 1 fully saturated rings. The molecule has 0 saturated carbocycles. The van der Waals surface area contributed by atoms with Crippen LogP contribution in [0.4, 0.5) is 0 Å². The van der Waals surface area contributed by atoms with Gasteiger partial charge in [-0.15, -0.1) is 0 Å². The molecule has 1 aliphatic rings. The minimum atomic E-state index is -0.936. The van der Waals surface area contributed by atoms with Gasteiger partial charge < -0.3 is 9.47 Å². The minimum Gasteiger partial charge on any atom is -0.420 e. The van der Waals surface area contributed by atoms with Crippen molar-refractivity contribution in [1.29, 1.82) is 0 Å². The zero-order valence-corrected chi connectivity index (χ0v) is 9.19. The predicted octanol–water partition coefficient (Wildman–Crippen LogP) is 1.94. The molecular formula is C10H7BrO4. The molecule has 1 saturated heterocycles. The van der Waals surface area contributed by atoms with Crippen molar-refractivity contribution in [2.45, 2.75) is 12.7 Å². The summed E-state index contributed by atoms with van der Waals surface area (Å²) in [7, 11) is 0. The number of carbonyl (C=O) groups is 2. The third kappa shape index (κ3) is 2.18. The van der Waals surface area contributed by atoms with Crippen LogP contribution in [-0.4, -0.2) is 11.9 Å². The van der Waals surface area contributed by atoms with E-state index in [2.05, 4.69) is 15.9 Å². The summed E-state index contributed by atoms with van der Waals surface area (Å²) in [5.41, 5.74) is 0.624. The summed E-state index contributed by atoms with van der Waals surface area (Å²) in [6.45, 7) is 0. The average molecular weight is 271 g/mol. The average Bonchev–Trinajstić information content (AvgIpc) is 2.16. The van der Waals surface area contributed by atoms with E-state index in [-0.39, 0.29) is 6.42 Å². The summed E-state index contributed by atoms with van der Waals surface area (Å²) in [6.07, 6.45) is -1.25. The highest BCUT2D eigenvalue weighted by Gasteiger charge is 2.30. The number of hydrogen-bond acceptors (Lipinski definition) is 4. The molecule has 78 valence electrons. The summed E-state index contributed by atoms with van der Waals surface area (Å²) < 4.78 is 10.6. The minimum absolute atomic E-state index is 0.318. The summed E-state index contributed by atoms with van der Waals surface area (Å²) in [5.74, 6) is -1.13. The first-order valence-corrected chi connectivity index (χ1v) is 5.09. The van der Waals surface area contributed by atoms with E-state index in [4.69, 9.17) is 9.47 Å². The van der Waals surface area contributed by atoms with E-state index in [9.17, 15) is 9.59 Å². The monoisotopic (exact) mass is 270 g/mol. The molecule has 1 heterocycles. The van der Waals surface area contributed by atoms with Crippen molar-refractivity contribution >= 4 is 27.9 Å². The van der Waals surface area contributed by atoms with Gasteiger partial charge in [-0.2, -0.15) is 0 Å². The van der Waals surface area contributed by atoms with Gasteiger partial charge in [0.2, 0.25) is 0 Å². The van der Waals surface area contributed by atoms with Gasteiger partial charge in [-0.3, -0.25) is 9.59 Å². The van der Waals surface area contributed by atoms with Crippen molar-refractivity contribution in [2.24, 2.45) is 0 Å². The van der Waals surface area contributed by atoms with Crippen LogP contribution in [0.1, 0.15) is 18.3 Å². The number of halogens is 1. The molecule has 0 bridgehead atoms. The van der Waals surface area contributed by atoms with E-state index in [1.807, 2.05) is 6.07 Å². The van der Waals surface area contributed by atoms with Crippen molar-refractivity contribution < 1.29 is 19.1 Å². The highest BCUT2D eigenvalue weighted by atomic mass is 79.9. The molecule has 0 aromatic heterocycles. The molecule has 0 spiro atoms. The summed E-state index contributed by atoms with van der Waals surface area (Å²) in [5, 5.41) is 0. The summed E-state index contributed by atoms with van der Waals surface area (Å²) in [4.78, 5) is 22.1. The van der Waals surface area contributed by atoms with Crippen molar-refractivity contribution in [3.8, 4) is 0 Å². The van der Waals surface area contributed by atoms with Gasteiger partial charge in [0, 0.05) is 10.0 Å². The van der Waals surface area contributed by atoms with Crippen LogP contribution < -0.4 is 0 Å². The van der Waals surface area contributed by atoms with Crippen LogP contribution in [0.3, 0.4) is 0 Å². The number of carbonyl (C=O) groups excluding carboxylic acids is 2. The Morgan fingerprint density at radius 3 is 2.33 bits per heavy atom. The molecule has 0 atom stereocenters. The highest BCUT2D eigenvalue weighted by molar-refractivity contribution is 9.10. The lowest BCUT2D eigenvalue weighted by atomic mass is 10.2. The topological polar surface area (TPSA) is 52.6 Å². The summed E-state index contributed by atoms with van der Waals surface area (Å²) in [6, 6.07) is 7.10. The van der Waals surface area contributed by atoms with Gasteiger partial charge in [0.15, 0.2) is 0 Å². The van der Waals surface area contributed by atoms with Crippen molar-refractivity contribution in [1.82, 2.24) is 0 Å². The first-order chi connectivity index (χ1) is 7.16. The van der Waals surface area contributed by atoms with Gasteiger partial charge in [-0.25, -0.2) is 0 Å². The Kier molecular flexibility index (Phi) is 2.73. The van der Waals surface area contributed by atoms with Crippen molar-refractivity contribution in [3.05, 3.63) is 34.3 Å². The van der Waals surface area contributed by atoms with E-state index in [1.54, 1.807) is 18.2 Å². The van der Waals surface area contributed by atoms with Gasteiger partial charge in [-0.1, -0.05) is 34.1 Å². The van der Waals surface area contributed by atoms with Gasteiger partial charge in [0.25, 0.3) is 6.29 Å². The number of esters is 2. The van der Waals surface area contributed by atoms with E-state index in [1.165, 1.54) is 0 Å². The number of hydrogen-bond donors (Lipinski definition) is 0. The first kappa shape index (κ1) is 10.2. The summed E-state index contributed by atoms with van der Waals surface area (Å²) >= 11 is 3.29. The van der Waals surface area contributed by atoms with Crippen LogP contribution in [0.25, 0.3) is 0 Å². The molecule has 0 amide bonds. The smallest absolute Gasteiger partial charge is 0.320 e. The largest absolute Gasteiger partial charge is 0.420 e. The third-order valence-corrected chi connectivity index (χ3v) is 2.65. The van der Waals surface area contributed by atoms with Crippen molar-refractivity contribution in [2.75, 3.05) is 0 Å². The molecule has 0 N–H and O–H groups in total.